The summed E-state index contributed by atoms with van der Waals surface area (Å²) in [6.45, 7) is -0.0721. The molecule has 0 aliphatic carbocycles. The third-order valence-electron chi connectivity index (χ3n) is 4.80. The summed E-state index contributed by atoms with van der Waals surface area (Å²) in [5.74, 6) is 0.368. The molecule has 2 aromatic carbocycles. The van der Waals surface area contributed by atoms with Gasteiger partial charge in [0.25, 0.3) is 5.56 Å². The summed E-state index contributed by atoms with van der Waals surface area (Å²) < 4.78 is 7.58. The van der Waals surface area contributed by atoms with E-state index in [1.54, 1.807) is 43.5 Å². The molecule has 2 heterocycles. The molecule has 0 saturated heterocycles. The van der Waals surface area contributed by atoms with Crippen LogP contribution in [-0.2, 0) is 13.1 Å². The second-order valence-electron chi connectivity index (χ2n) is 6.65. The third-order valence-corrected chi connectivity index (χ3v) is 5.89. The van der Waals surface area contributed by atoms with Crippen molar-refractivity contribution < 1.29 is 9.53 Å². The minimum atomic E-state index is -0.551. The van der Waals surface area contributed by atoms with Gasteiger partial charge in [0.05, 0.1) is 31.1 Å². The molecule has 6 nitrogen and oxygen atoms in total. The van der Waals surface area contributed by atoms with E-state index in [-0.39, 0.29) is 18.9 Å². The summed E-state index contributed by atoms with van der Waals surface area (Å²) in [5.41, 5.74) is -0.186. The first-order chi connectivity index (χ1) is 14.5. The molecule has 0 fully saturated rings. The molecule has 4 aromatic rings. The van der Waals surface area contributed by atoms with Gasteiger partial charge in [-0.25, -0.2) is 4.79 Å². The number of carbonyl (C=O) groups is 1. The van der Waals surface area contributed by atoms with E-state index in [4.69, 9.17) is 16.3 Å². The zero-order valence-electron chi connectivity index (χ0n) is 16.0. The van der Waals surface area contributed by atoms with Crippen molar-refractivity contribution in [1.82, 2.24) is 9.13 Å². The van der Waals surface area contributed by atoms with Crippen molar-refractivity contribution >= 4 is 39.6 Å². The van der Waals surface area contributed by atoms with E-state index in [0.29, 0.717) is 27.2 Å². The summed E-state index contributed by atoms with van der Waals surface area (Å²) in [6, 6.07) is 15.1. The van der Waals surface area contributed by atoms with E-state index in [9.17, 15) is 14.4 Å². The van der Waals surface area contributed by atoms with Crippen LogP contribution in [0.5, 0.6) is 5.75 Å². The Hall–Kier alpha value is -3.16. The van der Waals surface area contributed by atoms with Crippen LogP contribution in [0.4, 0.5) is 0 Å². The largest absolute Gasteiger partial charge is 0.497 e. The summed E-state index contributed by atoms with van der Waals surface area (Å²) in [5, 5.41) is 2.59. The number of rotatable bonds is 6. The van der Waals surface area contributed by atoms with Gasteiger partial charge in [-0.1, -0.05) is 17.7 Å². The molecule has 4 rings (SSSR count). The summed E-state index contributed by atoms with van der Waals surface area (Å²) >= 11 is 7.57. The summed E-state index contributed by atoms with van der Waals surface area (Å²) in [7, 11) is 1.54. The molecule has 0 aliphatic heterocycles. The number of thiophene rings is 1. The van der Waals surface area contributed by atoms with Crippen LogP contribution in [0.25, 0.3) is 10.9 Å². The SMILES string of the molecule is COc1ccc(C(=O)Cn2c(=O)n(Cc3cccs3)c(=O)c3ccc(Cl)cc32)cc1. The number of hydrogen-bond donors (Lipinski definition) is 0. The summed E-state index contributed by atoms with van der Waals surface area (Å²) in [4.78, 5) is 40.0. The second-order valence-corrected chi connectivity index (χ2v) is 8.12. The number of methoxy groups -OCH3 is 1. The standard InChI is InChI=1S/C22H17ClN2O4S/c1-29-16-7-4-14(5-8-16)20(26)13-24-19-11-15(23)6-9-18(19)21(27)25(22(24)28)12-17-3-2-10-30-17/h2-11H,12-13H2,1H3. The molecule has 0 bridgehead atoms. The first-order valence-corrected chi connectivity index (χ1v) is 10.4. The van der Waals surface area contributed by atoms with Crippen molar-refractivity contribution in [1.29, 1.82) is 0 Å². The van der Waals surface area contributed by atoms with Gasteiger partial charge < -0.3 is 4.74 Å². The predicted octanol–water partition coefficient (Wildman–Crippen LogP) is 3.82. The number of aromatic nitrogens is 2. The predicted molar refractivity (Wildman–Crippen MR) is 118 cm³/mol. The highest BCUT2D eigenvalue weighted by Crippen LogP contribution is 2.18. The van der Waals surface area contributed by atoms with Gasteiger partial charge in [-0.2, -0.15) is 0 Å². The van der Waals surface area contributed by atoms with Crippen molar-refractivity contribution in [3.63, 3.8) is 0 Å². The average Bonchev–Trinajstić information content (AvgIpc) is 3.27. The molecule has 2 aromatic heterocycles. The van der Waals surface area contributed by atoms with Gasteiger partial charge in [-0.3, -0.25) is 18.7 Å². The van der Waals surface area contributed by atoms with E-state index in [2.05, 4.69) is 0 Å². The van der Waals surface area contributed by atoms with Crippen LogP contribution in [0.15, 0.2) is 69.6 Å². The Morgan fingerprint density at radius 2 is 1.83 bits per heavy atom. The van der Waals surface area contributed by atoms with Gasteiger partial charge in [0.2, 0.25) is 0 Å². The number of carbonyl (C=O) groups excluding carboxylic acids is 1. The van der Waals surface area contributed by atoms with Gasteiger partial charge in [0, 0.05) is 15.5 Å². The zero-order chi connectivity index (χ0) is 21.3. The molecule has 0 aliphatic rings. The highest BCUT2D eigenvalue weighted by atomic mass is 35.5. The maximum Gasteiger partial charge on any atom is 0.332 e. The number of fused-ring (bicyclic) bond motifs is 1. The normalized spacial score (nSPS) is 11.0. The Balaban J connectivity index is 1.84. The van der Waals surface area contributed by atoms with E-state index < -0.39 is 11.2 Å². The summed E-state index contributed by atoms with van der Waals surface area (Å²) in [6.07, 6.45) is 0. The minimum Gasteiger partial charge on any atom is -0.497 e. The monoisotopic (exact) mass is 440 g/mol. The van der Waals surface area contributed by atoms with E-state index in [1.807, 2.05) is 17.5 Å². The van der Waals surface area contributed by atoms with Crippen molar-refractivity contribution in [2.45, 2.75) is 13.1 Å². The highest BCUT2D eigenvalue weighted by molar-refractivity contribution is 7.09. The Labute approximate surface area is 180 Å². The molecule has 0 saturated carbocycles. The van der Waals surface area contributed by atoms with Crippen molar-refractivity contribution in [2.24, 2.45) is 0 Å². The van der Waals surface area contributed by atoms with Crippen LogP contribution in [-0.4, -0.2) is 22.0 Å². The molecule has 0 spiro atoms. The maximum atomic E-state index is 13.2. The Bertz CT molecular complexity index is 1340. The topological polar surface area (TPSA) is 70.3 Å². The quantitative estimate of drug-likeness (QED) is 0.427. The smallest absolute Gasteiger partial charge is 0.332 e. The molecule has 0 unspecified atom stereocenters. The maximum absolute atomic E-state index is 13.2. The minimum absolute atomic E-state index is 0.143. The van der Waals surface area contributed by atoms with E-state index in [0.717, 1.165) is 9.44 Å². The average molecular weight is 441 g/mol. The lowest BCUT2D eigenvalue weighted by Crippen LogP contribution is -2.41. The van der Waals surface area contributed by atoms with Crippen LogP contribution in [0.3, 0.4) is 0 Å². The van der Waals surface area contributed by atoms with Crippen molar-refractivity contribution in [2.75, 3.05) is 7.11 Å². The van der Waals surface area contributed by atoms with E-state index in [1.165, 1.54) is 22.0 Å². The number of Topliss-reactive ketones (excluding diaryl/α,β-unsaturated/α-hetero) is 1. The molecule has 8 heteroatoms. The molecular weight excluding hydrogens is 424 g/mol. The third kappa shape index (κ3) is 3.81. The Morgan fingerprint density at radius 1 is 1.07 bits per heavy atom. The van der Waals surface area contributed by atoms with Crippen LogP contribution in [0.1, 0.15) is 15.2 Å². The van der Waals surface area contributed by atoms with Gasteiger partial charge in [-0.15, -0.1) is 11.3 Å². The molecule has 0 radical (unpaired) electrons. The van der Waals surface area contributed by atoms with Crippen molar-refractivity contribution in [3.8, 4) is 5.75 Å². The van der Waals surface area contributed by atoms with Gasteiger partial charge >= 0.3 is 5.69 Å². The lowest BCUT2D eigenvalue weighted by molar-refractivity contribution is 0.0971. The second kappa shape index (κ2) is 8.30. The number of ether oxygens (including phenoxy) is 1. The fourth-order valence-electron chi connectivity index (χ4n) is 3.25. The first-order valence-electron chi connectivity index (χ1n) is 9.10. The Morgan fingerprint density at radius 3 is 2.50 bits per heavy atom. The molecule has 0 amide bonds. The highest BCUT2D eigenvalue weighted by Gasteiger charge is 2.17. The van der Waals surface area contributed by atoms with Gasteiger partial charge in [-0.05, 0) is 53.9 Å². The van der Waals surface area contributed by atoms with Crippen LogP contribution < -0.4 is 16.0 Å². The molecule has 0 atom stereocenters. The molecule has 30 heavy (non-hydrogen) atoms. The van der Waals surface area contributed by atoms with Gasteiger partial charge in [0.1, 0.15) is 5.75 Å². The van der Waals surface area contributed by atoms with Crippen LogP contribution >= 0.6 is 22.9 Å². The number of nitrogens with zero attached hydrogens (tertiary/aromatic N) is 2. The van der Waals surface area contributed by atoms with Crippen LogP contribution in [0, 0.1) is 0 Å². The lowest BCUT2D eigenvalue weighted by Gasteiger charge is -2.14. The number of halogens is 1. The molecule has 152 valence electrons. The fourth-order valence-corrected chi connectivity index (χ4v) is 4.11. The lowest BCUT2D eigenvalue weighted by atomic mass is 10.1. The van der Waals surface area contributed by atoms with E-state index >= 15 is 0 Å². The number of hydrogen-bond acceptors (Lipinski definition) is 5. The Kier molecular flexibility index (Phi) is 5.57. The first kappa shape index (κ1) is 20.1. The molecule has 0 N–H and O–H groups in total. The van der Waals surface area contributed by atoms with Crippen molar-refractivity contribution in [3.05, 3.63) is 96.3 Å². The number of ketones is 1. The fraction of sp³-hybridized carbons (Fsp3) is 0.136. The van der Waals surface area contributed by atoms with Crippen LogP contribution in [0.2, 0.25) is 5.02 Å². The number of benzene rings is 2. The zero-order valence-corrected chi connectivity index (χ0v) is 17.6. The molecular formula is C22H17ClN2O4S. The van der Waals surface area contributed by atoms with Gasteiger partial charge in [0.15, 0.2) is 5.78 Å².